The number of aromatic nitrogens is 1. The minimum Gasteiger partial charge on any atom is -0.423 e. The molecule has 4 heteroatoms. The van der Waals surface area contributed by atoms with Crippen LogP contribution in [-0.4, -0.2) is 22.2 Å². The molecule has 0 aliphatic rings. The molecule has 0 saturated heterocycles. The van der Waals surface area contributed by atoms with E-state index in [0.717, 1.165) is 11.1 Å². The molecule has 0 aliphatic carbocycles. The number of nitrogens with zero attached hydrogens (tertiary/aromatic N) is 1. The molecule has 3 nitrogen and oxygen atoms in total. The van der Waals surface area contributed by atoms with Crippen molar-refractivity contribution in [3.05, 3.63) is 48.8 Å². The maximum Gasteiger partial charge on any atom is 0.488 e. The molecule has 0 amide bonds. The van der Waals surface area contributed by atoms with Crippen LogP contribution in [0.3, 0.4) is 0 Å². The predicted molar refractivity (Wildman–Crippen MR) is 59.5 cm³/mol. The van der Waals surface area contributed by atoms with Gasteiger partial charge < -0.3 is 10.0 Å². The third-order valence-electron chi connectivity index (χ3n) is 2.20. The van der Waals surface area contributed by atoms with Crippen molar-refractivity contribution in [1.29, 1.82) is 0 Å². The fourth-order valence-corrected chi connectivity index (χ4v) is 1.42. The normalized spacial score (nSPS) is 10.0. The van der Waals surface area contributed by atoms with Crippen molar-refractivity contribution in [1.82, 2.24) is 4.98 Å². The lowest BCUT2D eigenvalue weighted by Crippen LogP contribution is -2.29. The highest BCUT2D eigenvalue weighted by molar-refractivity contribution is 6.58. The van der Waals surface area contributed by atoms with Crippen LogP contribution in [0.1, 0.15) is 0 Å². The Bertz CT molecular complexity index is 445. The van der Waals surface area contributed by atoms with Crippen LogP contribution in [0.2, 0.25) is 0 Å². The summed E-state index contributed by atoms with van der Waals surface area (Å²) in [6, 6.07) is 10.9. The van der Waals surface area contributed by atoms with Gasteiger partial charge in [0, 0.05) is 12.4 Å². The van der Waals surface area contributed by atoms with E-state index in [2.05, 4.69) is 4.98 Å². The fraction of sp³-hybridized carbons (Fsp3) is 0. The molecule has 2 aromatic rings. The molecular formula is C11H10BNO2. The number of pyridine rings is 1. The lowest BCUT2D eigenvalue weighted by Gasteiger charge is -2.04. The van der Waals surface area contributed by atoms with Crippen LogP contribution >= 0.6 is 0 Å². The molecule has 2 N–H and O–H groups in total. The molecule has 15 heavy (non-hydrogen) atoms. The summed E-state index contributed by atoms with van der Waals surface area (Å²) >= 11 is 0. The van der Waals surface area contributed by atoms with Gasteiger partial charge in [0.2, 0.25) is 0 Å². The van der Waals surface area contributed by atoms with Crippen LogP contribution in [-0.2, 0) is 0 Å². The van der Waals surface area contributed by atoms with E-state index in [9.17, 15) is 0 Å². The molecule has 0 atom stereocenters. The van der Waals surface area contributed by atoms with E-state index in [1.54, 1.807) is 30.6 Å². The Morgan fingerprint density at radius 2 is 1.67 bits per heavy atom. The summed E-state index contributed by atoms with van der Waals surface area (Å²) < 4.78 is 0. The Morgan fingerprint density at radius 1 is 0.933 bits per heavy atom. The molecule has 1 aromatic heterocycles. The third-order valence-corrected chi connectivity index (χ3v) is 2.20. The molecular weight excluding hydrogens is 189 g/mol. The van der Waals surface area contributed by atoms with Crippen molar-refractivity contribution in [3.63, 3.8) is 0 Å². The van der Waals surface area contributed by atoms with Crippen molar-refractivity contribution >= 4 is 12.6 Å². The summed E-state index contributed by atoms with van der Waals surface area (Å²) in [5, 5.41) is 18.1. The van der Waals surface area contributed by atoms with Gasteiger partial charge in [-0.25, -0.2) is 0 Å². The second-order valence-corrected chi connectivity index (χ2v) is 3.24. The zero-order valence-corrected chi connectivity index (χ0v) is 8.04. The summed E-state index contributed by atoms with van der Waals surface area (Å²) in [7, 11) is -1.42. The van der Waals surface area contributed by atoms with E-state index in [1.165, 1.54) is 0 Å². The second kappa shape index (κ2) is 4.25. The van der Waals surface area contributed by atoms with Crippen LogP contribution in [0.5, 0.6) is 0 Å². The monoisotopic (exact) mass is 199 g/mol. The molecule has 0 unspecified atom stereocenters. The average Bonchev–Trinajstić information content (AvgIpc) is 2.30. The Balaban J connectivity index is 2.42. The lowest BCUT2D eigenvalue weighted by atomic mass is 9.79. The minimum atomic E-state index is -1.42. The lowest BCUT2D eigenvalue weighted by molar-refractivity contribution is 0.426. The van der Waals surface area contributed by atoms with Gasteiger partial charge in [-0.05, 0) is 28.7 Å². The first-order valence-electron chi connectivity index (χ1n) is 4.64. The van der Waals surface area contributed by atoms with Gasteiger partial charge >= 0.3 is 7.12 Å². The van der Waals surface area contributed by atoms with Gasteiger partial charge in [0.15, 0.2) is 0 Å². The van der Waals surface area contributed by atoms with Crippen molar-refractivity contribution in [3.8, 4) is 11.1 Å². The molecule has 2 rings (SSSR count). The predicted octanol–water partition coefficient (Wildman–Crippen LogP) is 0.428. The van der Waals surface area contributed by atoms with Crippen LogP contribution < -0.4 is 5.46 Å². The number of benzene rings is 1. The third kappa shape index (κ3) is 2.23. The molecule has 0 spiro atoms. The van der Waals surface area contributed by atoms with Crippen LogP contribution in [0.15, 0.2) is 48.8 Å². The van der Waals surface area contributed by atoms with Gasteiger partial charge in [-0.2, -0.15) is 0 Å². The van der Waals surface area contributed by atoms with E-state index in [-0.39, 0.29) is 0 Å². The molecule has 74 valence electrons. The van der Waals surface area contributed by atoms with Crippen molar-refractivity contribution in [2.75, 3.05) is 0 Å². The standard InChI is InChI=1S/C11H10BNO2/c14-12(15)11-3-1-2-10(8-11)9-4-6-13-7-5-9/h1-8,14-15H. The highest BCUT2D eigenvalue weighted by Crippen LogP contribution is 2.16. The summed E-state index contributed by atoms with van der Waals surface area (Å²) in [5.41, 5.74) is 2.44. The quantitative estimate of drug-likeness (QED) is 0.689. The summed E-state index contributed by atoms with van der Waals surface area (Å²) in [6.45, 7) is 0. The summed E-state index contributed by atoms with van der Waals surface area (Å²) in [5.74, 6) is 0. The van der Waals surface area contributed by atoms with E-state index in [4.69, 9.17) is 10.0 Å². The summed E-state index contributed by atoms with van der Waals surface area (Å²) in [6.07, 6.45) is 3.41. The molecule has 0 fully saturated rings. The summed E-state index contributed by atoms with van der Waals surface area (Å²) in [4.78, 5) is 3.93. The van der Waals surface area contributed by atoms with Gasteiger partial charge in [-0.1, -0.05) is 24.3 Å². The number of rotatable bonds is 2. The van der Waals surface area contributed by atoms with Crippen LogP contribution in [0.4, 0.5) is 0 Å². The zero-order valence-electron chi connectivity index (χ0n) is 8.04. The van der Waals surface area contributed by atoms with Crippen molar-refractivity contribution < 1.29 is 10.0 Å². The first-order valence-corrected chi connectivity index (χ1v) is 4.64. The van der Waals surface area contributed by atoms with Crippen LogP contribution in [0, 0.1) is 0 Å². The van der Waals surface area contributed by atoms with Gasteiger partial charge in [-0.3, -0.25) is 4.98 Å². The zero-order chi connectivity index (χ0) is 10.7. The second-order valence-electron chi connectivity index (χ2n) is 3.24. The topological polar surface area (TPSA) is 53.4 Å². The van der Waals surface area contributed by atoms with E-state index < -0.39 is 7.12 Å². The Labute approximate surface area is 88.2 Å². The average molecular weight is 199 g/mol. The maximum absolute atomic E-state index is 9.04. The SMILES string of the molecule is OB(O)c1cccc(-c2ccncc2)c1. The Morgan fingerprint density at radius 3 is 2.33 bits per heavy atom. The largest absolute Gasteiger partial charge is 0.488 e. The van der Waals surface area contributed by atoms with Gasteiger partial charge in [-0.15, -0.1) is 0 Å². The highest BCUT2D eigenvalue weighted by atomic mass is 16.4. The number of hydrogen-bond donors (Lipinski definition) is 2. The van der Waals surface area contributed by atoms with Gasteiger partial charge in [0.1, 0.15) is 0 Å². The Kier molecular flexibility index (Phi) is 2.80. The smallest absolute Gasteiger partial charge is 0.423 e. The molecule has 0 radical (unpaired) electrons. The first kappa shape index (κ1) is 9.89. The van der Waals surface area contributed by atoms with Crippen LogP contribution in [0.25, 0.3) is 11.1 Å². The number of hydrogen-bond acceptors (Lipinski definition) is 3. The van der Waals surface area contributed by atoms with Crippen molar-refractivity contribution in [2.24, 2.45) is 0 Å². The molecule has 0 bridgehead atoms. The fourth-order valence-electron chi connectivity index (χ4n) is 1.42. The molecule has 0 aliphatic heterocycles. The molecule has 1 heterocycles. The van der Waals surface area contributed by atoms with E-state index >= 15 is 0 Å². The Hall–Kier alpha value is -1.65. The van der Waals surface area contributed by atoms with Gasteiger partial charge in [0.25, 0.3) is 0 Å². The van der Waals surface area contributed by atoms with E-state index in [1.807, 2.05) is 18.2 Å². The van der Waals surface area contributed by atoms with E-state index in [0.29, 0.717) is 5.46 Å². The maximum atomic E-state index is 9.04. The molecule has 1 aromatic carbocycles. The first-order chi connectivity index (χ1) is 7.27. The molecule has 0 saturated carbocycles. The van der Waals surface area contributed by atoms with Crippen molar-refractivity contribution in [2.45, 2.75) is 0 Å². The minimum absolute atomic E-state index is 0.490. The van der Waals surface area contributed by atoms with Gasteiger partial charge in [0.05, 0.1) is 0 Å². The highest BCUT2D eigenvalue weighted by Gasteiger charge is 2.10.